The lowest BCUT2D eigenvalue weighted by atomic mass is 10.2. The van der Waals surface area contributed by atoms with Gasteiger partial charge in [-0.2, -0.15) is 5.26 Å². The molecule has 0 unspecified atom stereocenters. The molecule has 0 heterocycles. The van der Waals surface area contributed by atoms with Crippen LogP contribution in [-0.2, 0) is 16.4 Å². The maximum atomic E-state index is 11.3. The first-order valence-corrected chi connectivity index (χ1v) is 7.51. The lowest BCUT2D eigenvalue weighted by Crippen LogP contribution is -2.14. The first kappa shape index (κ1) is 14.8. The Labute approximate surface area is 122 Å². The van der Waals surface area contributed by atoms with Crippen molar-refractivity contribution in [2.75, 3.05) is 5.73 Å². The number of ether oxygens (including phenoxy) is 1. The van der Waals surface area contributed by atoms with Gasteiger partial charge in [-0.25, -0.2) is 13.6 Å². The molecule has 0 aliphatic carbocycles. The van der Waals surface area contributed by atoms with Crippen LogP contribution in [-0.4, -0.2) is 8.42 Å². The lowest BCUT2D eigenvalue weighted by Gasteiger charge is -2.09. The van der Waals surface area contributed by atoms with E-state index in [1.165, 1.54) is 18.2 Å². The van der Waals surface area contributed by atoms with Crippen molar-refractivity contribution in [3.63, 3.8) is 0 Å². The number of anilines is 1. The Hall–Kier alpha value is -2.56. The molecular formula is C14H13N3O3S. The number of primary sulfonamides is 1. The van der Waals surface area contributed by atoms with Crippen molar-refractivity contribution in [2.24, 2.45) is 5.14 Å². The Morgan fingerprint density at radius 2 is 1.71 bits per heavy atom. The molecule has 2 aromatic rings. The van der Waals surface area contributed by atoms with E-state index in [1.807, 2.05) is 0 Å². The largest absolute Gasteiger partial charge is 0.457 e. The van der Waals surface area contributed by atoms with E-state index in [-0.39, 0.29) is 10.6 Å². The number of hydrogen-bond acceptors (Lipinski definition) is 5. The highest BCUT2D eigenvalue weighted by molar-refractivity contribution is 7.89. The third kappa shape index (κ3) is 3.72. The third-order valence-corrected chi connectivity index (χ3v) is 3.71. The van der Waals surface area contributed by atoms with Crippen LogP contribution in [0.4, 0.5) is 5.69 Å². The highest BCUT2D eigenvalue weighted by Gasteiger charge is 2.12. The predicted molar refractivity (Wildman–Crippen MR) is 78.1 cm³/mol. The molecule has 7 heteroatoms. The molecule has 0 spiro atoms. The zero-order chi connectivity index (χ0) is 15.5. The van der Waals surface area contributed by atoms with Gasteiger partial charge >= 0.3 is 0 Å². The number of nitrogen functional groups attached to an aromatic ring is 1. The average Bonchev–Trinajstić information content (AvgIpc) is 2.40. The van der Waals surface area contributed by atoms with Crippen LogP contribution >= 0.6 is 0 Å². The van der Waals surface area contributed by atoms with E-state index in [4.69, 9.17) is 20.9 Å². The lowest BCUT2D eigenvalue weighted by molar-refractivity contribution is 0.482. The number of sulfonamides is 1. The van der Waals surface area contributed by atoms with Gasteiger partial charge in [0.05, 0.1) is 18.2 Å². The van der Waals surface area contributed by atoms with Crippen molar-refractivity contribution in [2.45, 2.75) is 11.3 Å². The topological polar surface area (TPSA) is 119 Å². The second kappa shape index (κ2) is 5.83. The number of nitrogens with zero attached hydrogens (tertiary/aromatic N) is 1. The zero-order valence-corrected chi connectivity index (χ0v) is 11.8. The van der Waals surface area contributed by atoms with Crippen molar-refractivity contribution in [3.05, 3.63) is 48.0 Å². The van der Waals surface area contributed by atoms with Gasteiger partial charge in [-0.05, 0) is 29.8 Å². The second-order valence-corrected chi connectivity index (χ2v) is 5.86. The van der Waals surface area contributed by atoms with Crippen molar-refractivity contribution >= 4 is 15.7 Å². The van der Waals surface area contributed by atoms with Crippen LogP contribution in [0.5, 0.6) is 11.5 Å². The second-order valence-electron chi connectivity index (χ2n) is 4.33. The SMILES string of the molecule is N#CCc1ccc(Oc2ccc(S(N)(=O)=O)c(N)c2)cc1. The molecule has 0 aromatic heterocycles. The molecule has 6 nitrogen and oxygen atoms in total. The van der Waals surface area contributed by atoms with E-state index in [0.29, 0.717) is 17.9 Å². The first-order valence-electron chi connectivity index (χ1n) is 5.96. The van der Waals surface area contributed by atoms with Crippen LogP contribution in [0.15, 0.2) is 47.4 Å². The van der Waals surface area contributed by atoms with Gasteiger partial charge < -0.3 is 10.5 Å². The van der Waals surface area contributed by atoms with E-state index >= 15 is 0 Å². The summed E-state index contributed by atoms with van der Waals surface area (Å²) in [5.41, 5.74) is 6.56. The molecule has 0 amide bonds. The Morgan fingerprint density at radius 3 is 2.24 bits per heavy atom. The van der Waals surface area contributed by atoms with Gasteiger partial charge in [-0.1, -0.05) is 12.1 Å². The fourth-order valence-corrected chi connectivity index (χ4v) is 2.40. The molecule has 2 rings (SSSR count). The van der Waals surface area contributed by atoms with E-state index < -0.39 is 10.0 Å². The number of nitrogens with two attached hydrogens (primary N) is 2. The Kier molecular flexibility index (Phi) is 4.12. The molecule has 0 saturated carbocycles. The fraction of sp³-hybridized carbons (Fsp3) is 0.0714. The smallest absolute Gasteiger partial charge is 0.240 e. The molecule has 0 radical (unpaired) electrons. The van der Waals surface area contributed by atoms with Gasteiger partial charge in [0.2, 0.25) is 10.0 Å². The summed E-state index contributed by atoms with van der Waals surface area (Å²) in [5.74, 6) is 0.951. The van der Waals surface area contributed by atoms with Crippen molar-refractivity contribution in [3.8, 4) is 17.6 Å². The molecule has 0 bridgehead atoms. The number of hydrogen-bond donors (Lipinski definition) is 2. The minimum absolute atomic E-state index is 0.0242. The molecule has 0 aliphatic heterocycles. The molecule has 0 atom stereocenters. The van der Waals surface area contributed by atoms with Crippen LogP contribution in [0, 0.1) is 11.3 Å². The third-order valence-electron chi connectivity index (χ3n) is 2.73. The fourth-order valence-electron chi connectivity index (χ4n) is 1.75. The van der Waals surface area contributed by atoms with Crippen molar-refractivity contribution < 1.29 is 13.2 Å². The molecular weight excluding hydrogens is 290 g/mol. The molecule has 21 heavy (non-hydrogen) atoms. The molecule has 0 aliphatic rings. The highest BCUT2D eigenvalue weighted by Crippen LogP contribution is 2.27. The summed E-state index contributed by atoms with van der Waals surface area (Å²) in [6.45, 7) is 0. The minimum Gasteiger partial charge on any atom is -0.457 e. The normalized spacial score (nSPS) is 10.9. The Balaban J connectivity index is 2.21. The maximum Gasteiger partial charge on any atom is 0.240 e. The van der Waals surface area contributed by atoms with Crippen molar-refractivity contribution in [1.29, 1.82) is 5.26 Å². The summed E-state index contributed by atoms with van der Waals surface area (Å²) < 4.78 is 28.1. The van der Waals surface area contributed by atoms with Crippen LogP contribution in [0.25, 0.3) is 0 Å². The van der Waals surface area contributed by atoms with Crippen LogP contribution in [0.2, 0.25) is 0 Å². The van der Waals surface area contributed by atoms with E-state index in [1.54, 1.807) is 24.3 Å². The summed E-state index contributed by atoms with van der Waals surface area (Å²) in [7, 11) is -3.85. The number of rotatable bonds is 4. The predicted octanol–water partition coefficient (Wildman–Crippen LogP) is 1.77. The minimum atomic E-state index is -3.85. The van der Waals surface area contributed by atoms with Gasteiger partial charge in [0.25, 0.3) is 0 Å². The van der Waals surface area contributed by atoms with Gasteiger partial charge in [-0.15, -0.1) is 0 Å². The first-order chi connectivity index (χ1) is 9.90. The zero-order valence-electron chi connectivity index (χ0n) is 11.0. The summed E-state index contributed by atoms with van der Waals surface area (Å²) in [6, 6.07) is 13.2. The summed E-state index contributed by atoms with van der Waals surface area (Å²) in [5, 5.41) is 13.6. The van der Waals surface area contributed by atoms with E-state index in [2.05, 4.69) is 6.07 Å². The Morgan fingerprint density at radius 1 is 1.10 bits per heavy atom. The average molecular weight is 303 g/mol. The number of nitriles is 1. The van der Waals surface area contributed by atoms with Gasteiger partial charge in [0.15, 0.2) is 0 Å². The maximum absolute atomic E-state index is 11.3. The molecule has 4 N–H and O–H groups in total. The summed E-state index contributed by atoms with van der Waals surface area (Å²) >= 11 is 0. The van der Waals surface area contributed by atoms with E-state index in [0.717, 1.165) is 5.56 Å². The number of benzene rings is 2. The van der Waals surface area contributed by atoms with Crippen molar-refractivity contribution in [1.82, 2.24) is 0 Å². The summed E-state index contributed by atoms with van der Waals surface area (Å²) in [4.78, 5) is -0.140. The van der Waals surface area contributed by atoms with Gasteiger partial charge in [-0.3, -0.25) is 0 Å². The van der Waals surface area contributed by atoms with Gasteiger partial charge in [0.1, 0.15) is 16.4 Å². The van der Waals surface area contributed by atoms with Crippen LogP contribution < -0.4 is 15.6 Å². The summed E-state index contributed by atoms with van der Waals surface area (Å²) in [6.07, 6.45) is 0.330. The Bertz CT molecular complexity index is 793. The molecule has 0 saturated heterocycles. The van der Waals surface area contributed by atoms with Crippen LogP contribution in [0.3, 0.4) is 0 Å². The highest BCUT2D eigenvalue weighted by atomic mass is 32.2. The molecule has 2 aromatic carbocycles. The quantitative estimate of drug-likeness (QED) is 0.834. The standard InChI is InChI=1S/C14H13N3O3S/c15-8-7-10-1-3-11(4-2-10)20-12-5-6-14(13(16)9-12)21(17,18)19/h1-6,9H,7,16H2,(H2,17,18,19). The van der Waals surface area contributed by atoms with Crippen LogP contribution in [0.1, 0.15) is 5.56 Å². The molecule has 108 valence electrons. The van der Waals surface area contributed by atoms with E-state index in [9.17, 15) is 8.42 Å². The molecule has 0 fully saturated rings. The van der Waals surface area contributed by atoms with Gasteiger partial charge in [0, 0.05) is 6.07 Å². The monoisotopic (exact) mass is 303 g/mol.